The average Bonchev–Trinajstić information content (AvgIpc) is 2.70. The highest BCUT2D eigenvalue weighted by molar-refractivity contribution is 7.87. The summed E-state index contributed by atoms with van der Waals surface area (Å²) in [6.45, 7) is 2.30. The van der Waals surface area contributed by atoms with Gasteiger partial charge in [0.2, 0.25) is 0 Å². The highest BCUT2D eigenvalue weighted by Crippen LogP contribution is 2.44. The van der Waals surface area contributed by atoms with Crippen LogP contribution in [-0.2, 0) is 27.7 Å². The second-order valence-electron chi connectivity index (χ2n) is 8.02. The molecule has 12 heteroatoms. The van der Waals surface area contributed by atoms with Crippen LogP contribution in [0.4, 0.5) is 13.2 Å². The van der Waals surface area contributed by atoms with E-state index < -0.39 is 33.2 Å². The van der Waals surface area contributed by atoms with E-state index in [-0.39, 0.29) is 38.0 Å². The number of hydrogen-bond donors (Lipinski definition) is 2. The minimum atomic E-state index is -4.44. The molecule has 31 heavy (non-hydrogen) atoms. The number of carboxylic acid groups (broad SMARTS) is 1. The molecule has 0 spiro atoms. The summed E-state index contributed by atoms with van der Waals surface area (Å²) in [7, 11) is -2.07. The van der Waals surface area contributed by atoms with Crippen LogP contribution in [0.2, 0.25) is 5.31 Å². The number of aliphatic carboxylic acids is 1. The number of nitrogens with one attached hydrogen (secondary N) is 1. The van der Waals surface area contributed by atoms with Crippen LogP contribution < -0.4 is 4.72 Å². The Kier molecular flexibility index (Phi) is 9.86. The molecule has 0 aromatic heterocycles. The fourth-order valence-corrected chi connectivity index (χ4v) is 5.06. The van der Waals surface area contributed by atoms with E-state index in [1.165, 1.54) is 16.4 Å². The Hall–Kier alpha value is -1.30. The Labute approximate surface area is 188 Å². The van der Waals surface area contributed by atoms with Crippen molar-refractivity contribution in [2.24, 2.45) is 5.92 Å². The highest BCUT2D eigenvalue weighted by atomic mass is 35.5. The monoisotopic (exact) mass is 484 g/mol. The van der Waals surface area contributed by atoms with Gasteiger partial charge in [-0.2, -0.15) is 30.6 Å². The molecule has 0 bridgehead atoms. The van der Waals surface area contributed by atoms with E-state index in [4.69, 9.17) is 0 Å². The van der Waals surface area contributed by atoms with Crippen LogP contribution in [0.15, 0.2) is 24.3 Å². The van der Waals surface area contributed by atoms with Gasteiger partial charge in [0.25, 0.3) is 10.2 Å². The molecule has 0 radical (unpaired) electrons. The maximum absolute atomic E-state index is 12.6. The number of hydrogen-bond acceptors (Lipinski definition) is 3. The van der Waals surface area contributed by atoms with E-state index in [9.17, 15) is 31.5 Å². The van der Waals surface area contributed by atoms with Gasteiger partial charge in [0.15, 0.2) is 0 Å². The number of carbonyl (C=O) groups is 1. The molecule has 176 valence electrons. The Morgan fingerprint density at radius 1 is 1.23 bits per heavy atom. The van der Waals surface area contributed by atoms with E-state index in [0.717, 1.165) is 25.0 Å². The van der Waals surface area contributed by atoms with E-state index in [2.05, 4.69) is 4.72 Å². The lowest BCUT2D eigenvalue weighted by molar-refractivity contribution is -0.143. The van der Waals surface area contributed by atoms with Crippen molar-refractivity contribution in [3.8, 4) is 0 Å². The number of nitrogens with zero attached hydrogens (tertiary/aromatic N) is 1. The summed E-state index contributed by atoms with van der Waals surface area (Å²) in [5.74, 6) is -0.958. The lowest BCUT2D eigenvalue weighted by atomic mass is 9.56. The van der Waals surface area contributed by atoms with Crippen molar-refractivity contribution in [2.45, 2.75) is 57.1 Å². The number of piperidine rings is 1. The molecule has 1 atom stereocenters. The molecule has 1 saturated heterocycles. The zero-order chi connectivity index (χ0) is 22.6. The summed E-state index contributed by atoms with van der Waals surface area (Å²) < 4.78 is 66.7. The smallest absolute Gasteiger partial charge is 0.416 e. The standard InChI is InChI=1S/C19H28BF3N2O4S.ClH/c1-2-3-10-18(20,17(26)27)15-8-11-25(12-9-15)30(28,29)24-13-14-4-6-16(7-5-14)19(21,22)23;/h4-7,15,24H,2-3,8-13,20H2,1H3,(H,26,27);1H. The van der Waals surface area contributed by atoms with Gasteiger partial charge in [-0.1, -0.05) is 31.9 Å². The second-order valence-corrected chi connectivity index (χ2v) is 9.78. The summed E-state index contributed by atoms with van der Waals surface area (Å²) >= 11 is 0. The van der Waals surface area contributed by atoms with Crippen molar-refractivity contribution in [1.29, 1.82) is 0 Å². The number of carboxylic acids is 1. The molecule has 2 N–H and O–H groups in total. The van der Waals surface area contributed by atoms with Gasteiger partial charge in [0.1, 0.15) is 7.85 Å². The number of unbranched alkanes of at least 4 members (excludes halogenated alkanes) is 1. The van der Waals surface area contributed by atoms with Crippen molar-refractivity contribution in [1.82, 2.24) is 9.03 Å². The summed E-state index contributed by atoms with van der Waals surface area (Å²) in [5.41, 5.74) is -0.375. The van der Waals surface area contributed by atoms with Crippen molar-refractivity contribution in [3.63, 3.8) is 0 Å². The minimum Gasteiger partial charge on any atom is -0.481 e. The first-order chi connectivity index (χ1) is 13.9. The normalized spacial score (nSPS) is 18.2. The van der Waals surface area contributed by atoms with Crippen LogP contribution in [0.1, 0.15) is 50.2 Å². The number of rotatable bonds is 9. The third-order valence-corrected chi connectivity index (χ3v) is 7.53. The Morgan fingerprint density at radius 3 is 2.23 bits per heavy atom. The molecule has 1 heterocycles. The Morgan fingerprint density at radius 2 is 1.77 bits per heavy atom. The molecule has 1 aromatic rings. The fraction of sp³-hybridized carbons (Fsp3) is 0.632. The zero-order valence-corrected chi connectivity index (χ0v) is 19.2. The van der Waals surface area contributed by atoms with E-state index in [1.54, 1.807) is 7.85 Å². The molecular weight excluding hydrogens is 456 g/mol. The second kappa shape index (κ2) is 11.0. The van der Waals surface area contributed by atoms with Gasteiger partial charge in [0, 0.05) is 24.9 Å². The molecule has 1 aliphatic rings. The molecule has 2 rings (SSSR count). The highest BCUT2D eigenvalue weighted by Gasteiger charge is 2.43. The molecule has 0 amide bonds. The van der Waals surface area contributed by atoms with Gasteiger partial charge in [-0.25, -0.2) is 0 Å². The molecular formula is C19H29BClF3N2O4S. The van der Waals surface area contributed by atoms with Crippen LogP contribution in [0, 0.1) is 5.92 Å². The summed E-state index contributed by atoms with van der Waals surface area (Å²) in [6, 6.07) is 4.31. The van der Waals surface area contributed by atoms with Gasteiger partial charge in [0.05, 0.1) is 5.56 Å². The SMILES string of the molecule is BC(CCCC)(C(=O)O)C1CCN(S(=O)(=O)NCc2ccc(C(F)(F)F)cc2)CC1.Cl. The van der Waals surface area contributed by atoms with Gasteiger partial charge >= 0.3 is 12.1 Å². The predicted octanol–water partition coefficient (Wildman–Crippen LogP) is 3.24. The quantitative estimate of drug-likeness (QED) is 0.527. The molecule has 0 saturated carbocycles. The predicted molar refractivity (Wildman–Crippen MR) is 117 cm³/mol. The van der Waals surface area contributed by atoms with Crippen LogP contribution >= 0.6 is 12.4 Å². The molecule has 6 nitrogen and oxygen atoms in total. The third kappa shape index (κ3) is 7.10. The Balaban J connectivity index is 0.00000480. The minimum absolute atomic E-state index is 0. The molecule has 0 aliphatic carbocycles. The zero-order valence-electron chi connectivity index (χ0n) is 17.6. The van der Waals surface area contributed by atoms with E-state index >= 15 is 0 Å². The fourth-order valence-electron chi connectivity index (χ4n) is 3.84. The van der Waals surface area contributed by atoms with Gasteiger partial charge in [-0.15, -0.1) is 12.4 Å². The molecule has 1 fully saturated rings. The number of halogens is 4. The first kappa shape index (κ1) is 27.7. The third-order valence-electron chi connectivity index (χ3n) is 5.97. The molecule has 1 aromatic carbocycles. The summed E-state index contributed by atoms with van der Waals surface area (Å²) in [6.07, 6.45) is -1.28. The van der Waals surface area contributed by atoms with Gasteiger partial charge in [-0.3, -0.25) is 4.79 Å². The van der Waals surface area contributed by atoms with Crippen molar-refractivity contribution in [3.05, 3.63) is 35.4 Å². The van der Waals surface area contributed by atoms with Crippen molar-refractivity contribution in [2.75, 3.05) is 13.1 Å². The van der Waals surface area contributed by atoms with Crippen LogP contribution in [-0.4, -0.2) is 44.7 Å². The summed E-state index contributed by atoms with van der Waals surface area (Å²) in [4.78, 5) is 11.8. The first-order valence-electron chi connectivity index (χ1n) is 10.0. The molecule has 1 unspecified atom stereocenters. The first-order valence-corrected chi connectivity index (χ1v) is 11.5. The van der Waals surface area contributed by atoms with Crippen molar-refractivity contribution >= 4 is 36.4 Å². The van der Waals surface area contributed by atoms with E-state index in [0.29, 0.717) is 24.8 Å². The summed E-state index contributed by atoms with van der Waals surface area (Å²) in [5, 5.41) is 8.83. The molecule has 1 aliphatic heterocycles. The van der Waals surface area contributed by atoms with E-state index in [1.807, 2.05) is 6.92 Å². The Bertz CT molecular complexity index is 832. The van der Waals surface area contributed by atoms with Gasteiger partial charge < -0.3 is 5.11 Å². The van der Waals surface area contributed by atoms with Crippen LogP contribution in [0.5, 0.6) is 0 Å². The largest absolute Gasteiger partial charge is 0.481 e. The lowest BCUT2D eigenvalue weighted by Gasteiger charge is -2.40. The number of benzene rings is 1. The van der Waals surface area contributed by atoms with Gasteiger partial charge in [-0.05, 0) is 42.9 Å². The lowest BCUT2D eigenvalue weighted by Crippen LogP contribution is -2.47. The average molecular weight is 485 g/mol. The topological polar surface area (TPSA) is 86.7 Å². The van der Waals surface area contributed by atoms with Crippen LogP contribution in [0.3, 0.4) is 0 Å². The van der Waals surface area contributed by atoms with Crippen molar-refractivity contribution < 1.29 is 31.5 Å². The van der Waals surface area contributed by atoms with Crippen LogP contribution in [0.25, 0.3) is 0 Å². The number of alkyl halides is 3. The maximum Gasteiger partial charge on any atom is 0.416 e. The maximum atomic E-state index is 12.6.